The van der Waals surface area contributed by atoms with Crippen molar-refractivity contribution >= 4 is 17.7 Å². The summed E-state index contributed by atoms with van der Waals surface area (Å²) >= 11 is 1.44. The highest BCUT2D eigenvalue weighted by molar-refractivity contribution is 7.95. The van der Waals surface area contributed by atoms with Gasteiger partial charge in [-0.25, -0.2) is 0 Å². The van der Waals surface area contributed by atoms with E-state index in [0.717, 1.165) is 67.7 Å². The van der Waals surface area contributed by atoms with Crippen LogP contribution in [0.15, 0.2) is 78.9 Å². The Balaban J connectivity index is 0.00000198. The molecule has 0 radical (unpaired) electrons. The van der Waals surface area contributed by atoms with E-state index in [9.17, 15) is 5.11 Å². The Morgan fingerprint density at radius 3 is 2.21 bits per heavy atom. The van der Waals surface area contributed by atoms with Gasteiger partial charge in [-0.2, -0.15) is 0 Å². The average Bonchev–Trinajstić information content (AvgIpc) is 3.06. The number of benzene rings is 3. The molecule has 5 rings (SSSR count). The molecular formula is C34H44N2O5S. The minimum atomic E-state index is -0.973. The number of nitrogens with zero attached hydrogens (tertiary/aromatic N) is 2. The molecule has 1 aliphatic heterocycles. The molecule has 42 heavy (non-hydrogen) atoms. The molecule has 2 aliphatic rings. The summed E-state index contributed by atoms with van der Waals surface area (Å²) in [5.74, 6) is 3.11. The molecule has 0 saturated carbocycles. The molecule has 1 saturated heterocycles. The van der Waals surface area contributed by atoms with Gasteiger partial charge in [0.05, 0.1) is 38.6 Å². The fraction of sp³-hybridized carbons (Fsp3) is 0.412. The zero-order chi connectivity index (χ0) is 30.0. The van der Waals surface area contributed by atoms with Crippen LogP contribution >= 0.6 is 12.0 Å². The zero-order valence-electron chi connectivity index (χ0n) is 25.4. The SMILES string of the molecule is CC.COc1cccc([C@]2(O)C=CC(SOc3ccc(N4CCN(Cc5ccc(OC)c(OC)c5)CC4)cc3)CC2)c1. The molecule has 226 valence electrons. The summed E-state index contributed by atoms with van der Waals surface area (Å²) in [6, 6.07) is 22.1. The molecule has 3 aromatic rings. The van der Waals surface area contributed by atoms with Crippen LogP contribution in [0.25, 0.3) is 0 Å². The van der Waals surface area contributed by atoms with Gasteiger partial charge in [-0.15, -0.1) is 0 Å². The van der Waals surface area contributed by atoms with Crippen LogP contribution in [0.1, 0.15) is 37.8 Å². The van der Waals surface area contributed by atoms with E-state index in [4.69, 9.17) is 18.4 Å². The molecule has 0 spiro atoms. The third-order valence-electron chi connectivity index (χ3n) is 7.66. The number of aliphatic hydroxyl groups is 1. The van der Waals surface area contributed by atoms with Gasteiger partial charge >= 0.3 is 0 Å². The lowest BCUT2D eigenvalue weighted by atomic mass is 9.84. The molecule has 2 atom stereocenters. The predicted octanol–water partition coefficient (Wildman–Crippen LogP) is 6.69. The lowest BCUT2D eigenvalue weighted by Crippen LogP contribution is -2.45. The van der Waals surface area contributed by atoms with Crippen molar-refractivity contribution in [1.29, 1.82) is 0 Å². The van der Waals surface area contributed by atoms with Crippen LogP contribution in [0.5, 0.6) is 23.0 Å². The van der Waals surface area contributed by atoms with Crippen LogP contribution in [0.2, 0.25) is 0 Å². The van der Waals surface area contributed by atoms with E-state index in [-0.39, 0.29) is 5.25 Å². The molecule has 7 nitrogen and oxygen atoms in total. The molecule has 0 bridgehead atoms. The second-order valence-corrected chi connectivity index (χ2v) is 11.2. The fourth-order valence-electron chi connectivity index (χ4n) is 5.25. The first-order valence-electron chi connectivity index (χ1n) is 14.7. The van der Waals surface area contributed by atoms with Gasteiger partial charge in [0.25, 0.3) is 0 Å². The monoisotopic (exact) mass is 592 g/mol. The molecule has 1 N–H and O–H groups in total. The first kappa shape index (κ1) is 31.6. The lowest BCUT2D eigenvalue weighted by molar-refractivity contribution is 0.0729. The first-order valence-corrected chi connectivity index (χ1v) is 15.5. The number of piperazine rings is 1. The molecule has 1 aliphatic carbocycles. The van der Waals surface area contributed by atoms with E-state index >= 15 is 0 Å². The summed E-state index contributed by atoms with van der Waals surface area (Å²) in [7, 11) is 4.97. The van der Waals surface area contributed by atoms with Gasteiger partial charge in [0.15, 0.2) is 11.5 Å². The highest BCUT2D eigenvalue weighted by Crippen LogP contribution is 2.38. The Bertz CT molecular complexity index is 1290. The maximum atomic E-state index is 11.1. The third-order valence-corrected chi connectivity index (χ3v) is 8.59. The second-order valence-electron chi connectivity index (χ2n) is 10.2. The maximum Gasteiger partial charge on any atom is 0.161 e. The molecule has 1 fully saturated rings. The van der Waals surface area contributed by atoms with Gasteiger partial charge in [0.2, 0.25) is 0 Å². The Kier molecular flexibility index (Phi) is 11.5. The first-order chi connectivity index (χ1) is 20.5. The van der Waals surface area contributed by atoms with Gasteiger partial charge in [-0.3, -0.25) is 4.90 Å². The van der Waals surface area contributed by atoms with E-state index in [1.165, 1.54) is 23.3 Å². The van der Waals surface area contributed by atoms with Crippen molar-refractivity contribution in [2.45, 2.75) is 44.1 Å². The summed E-state index contributed by atoms with van der Waals surface area (Å²) in [5, 5.41) is 11.3. The topological polar surface area (TPSA) is 63.6 Å². The van der Waals surface area contributed by atoms with Gasteiger partial charge < -0.3 is 28.4 Å². The van der Waals surface area contributed by atoms with E-state index < -0.39 is 5.60 Å². The number of hydrogen-bond acceptors (Lipinski definition) is 8. The number of methoxy groups -OCH3 is 3. The highest BCUT2D eigenvalue weighted by Gasteiger charge is 2.31. The van der Waals surface area contributed by atoms with Crippen LogP contribution in [0.4, 0.5) is 5.69 Å². The van der Waals surface area contributed by atoms with E-state index in [1.807, 2.05) is 68.5 Å². The van der Waals surface area contributed by atoms with Crippen LogP contribution in [-0.2, 0) is 12.1 Å². The lowest BCUT2D eigenvalue weighted by Gasteiger charge is -2.36. The number of rotatable bonds is 10. The minimum absolute atomic E-state index is 0.185. The van der Waals surface area contributed by atoms with Gasteiger partial charge in [-0.1, -0.05) is 44.2 Å². The van der Waals surface area contributed by atoms with Crippen LogP contribution in [0.3, 0.4) is 0 Å². The molecule has 8 heteroatoms. The van der Waals surface area contributed by atoms with Gasteiger partial charge in [0, 0.05) is 38.4 Å². The number of hydrogen-bond donors (Lipinski definition) is 1. The maximum absolute atomic E-state index is 11.1. The van der Waals surface area contributed by atoms with Crippen molar-refractivity contribution in [2.24, 2.45) is 0 Å². The Morgan fingerprint density at radius 2 is 1.57 bits per heavy atom. The van der Waals surface area contributed by atoms with Crippen molar-refractivity contribution in [1.82, 2.24) is 4.90 Å². The second kappa shape index (κ2) is 15.2. The van der Waals surface area contributed by atoms with E-state index in [2.05, 4.69) is 34.1 Å². The summed E-state index contributed by atoms with van der Waals surface area (Å²) in [6.07, 6.45) is 5.39. The predicted molar refractivity (Wildman–Crippen MR) is 172 cm³/mol. The molecule has 0 amide bonds. The Labute approximate surface area is 255 Å². The molecule has 0 aromatic heterocycles. The smallest absolute Gasteiger partial charge is 0.161 e. The van der Waals surface area contributed by atoms with Crippen molar-refractivity contribution in [2.75, 3.05) is 52.4 Å². The standard InChI is InChI=1S/C32H38N2O5S.C2H6/c1-36-28-6-4-5-25(22-28)32(35)15-13-29(14-16-32)40-39-27-10-8-26(9-11-27)34-19-17-33(18-20-34)23-24-7-12-30(37-2)31(21-24)38-3;1-2/h4-13,15,21-22,29,35H,14,16-20,23H2,1-3H3;1-2H3/t29?,32-;/m0./s1. The largest absolute Gasteiger partial charge is 0.497 e. The molecular weight excluding hydrogens is 548 g/mol. The van der Waals surface area contributed by atoms with Crippen LogP contribution in [0, 0.1) is 0 Å². The fourth-order valence-corrected chi connectivity index (χ4v) is 5.96. The Hall–Kier alpha value is -3.33. The highest BCUT2D eigenvalue weighted by atomic mass is 32.2. The number of ether oxygens (including phenoxy) is 3. The number of anilines is 1. The summed E-state index contributed by atoms with van der Waals surface area (Å²) in [6.45, 7) is 8.85. The van der Waals surface area contributed by atoms with Crippen molar-refractivity contribution < 1.29 is 23.5 Å². The van der Waals surface area contributed by atoms with Gasteiger partial charge in [0.1, 0.15) is 17.1 Å². The normalized spacial score (nSPS) is 20.3. The van der Waals surface area contributed by atoms with Crippen molar-refractivity contribution in [3.63, 3.8) is 0 Å². The molecule has 3 aromatic carbocycles. The average molecular weight is 593 g/mol. The third kappa shape index (κ3) is 7.94. The van der Waals surface area contributed by atoms with E-state index in [1.54, 1.807) is 21.3 Å². The summed E-state index contributed by atoms with van der Waals surface area (Å²) < 4.78 is 22.2. The van der Waals surface area contributed by atoms with Gasteiger partial charge in [-0.05, 0) is 72.5 Å². The molecule has 1 unspecified atom stereocenters. The zero-order valence-corrected chi connectivity index (χ0v) is 26.2. The summed E-state index contributed by atoms with van der Waals surface area (Å²) in [4.78, 5) is 4.89. The van der Waals surface area contributed by atoms with Crippen LogP contribution < -0.4 is 23.3 Å². The minimum Gasteiger partial charge on any atom is -0.497 e. The summed E-state index contributed by atoms with van der Waals surface area (Å²) in [5.41, 5.74) is 2.32. The van der Waals surface area contributed by atoms with Crippen molar-refractivity contribution in [3.8, 4) is 23.0 Å². The van der Waals surface area contributed by atoms with E-state index in [0.29, 0.717) is 6.42 Å². The molecule has 1 heterocycles. The van der Waals surface area contributed by atoms with Crippen LogP contribution in [-0.4, -0.2) is 62.8 Å². The Morgan fingerprint density at radius 1 is 0.833 bits per heavy atom. The van der Waals surface area contributed by atoms with Crippen molar-refractivity contribution in [3.05, 3.63) is 90.0 Å². The quantitative estimate of drug-likeness (QED) is 0.206.